The zero-order chi connectivity index (χ0) is 12.6. The molecule has 2 aromatic rings. The van der Waals surface area contributed by atoms with Crippen LogP contribution in [0.25, 0.3) is 10.4 Å². The highest BCUT2D eigenvalue weighted by Gasteiger charge is 2.36. The van der Waals surface area contributed by atoms with Gasteiger partial charge in [0, 0.05) is 10.3 Å². The molecule has 1 aromatic carbocycles. The summed E-state index contributed by atoms with van der Waals surface area (Å²) in [6.07, 6.45) is 0. The number of benzene rings is 1. The average molecular weight is 248 g/mol. The van der Waals surface area contributed by atoms with Gasteiger partial charge in [-0.2, -0.15) is 0 Å². The van der Waals surface area contributed by atoms with Crippen molar-refractivity contribution in [3.8, 4) is 10.4 Å². The highest BCUT2D eigenvalue weighted by molar-refractivity contribution is 7.13. The van der Waals surface area contributed by atoms with Crippen molar-refractivity contribution >= 4 is 11.3 Å². The largest absolute Gasteiger partial charge is 0.207 e. The standard InChI is InChI=1S/C13H11FS.C2H6/c1-13(2)10-5-6-15-12(10)9-4-3-8(14)7-11(9)13;1-2/h3-7H,1-2H3;1-2H3. The molecule has 1 aromatic heterocycles. The smallest absolute Gasteiger partial charge is 0.123 e. The second kappa shape index (κ2) is 4.26. The van der Waals surface area contributed by atoms with Crippen LogP contribution in [0.3, 0.4) is 0 Å². The van der Waals surface area contributed by atoms with Gasteiger partial charge in [0.1, 0.15) is 5.82 Å². The average Bonchev–Trinajstić information content (AvgIpc) is 2.87. The Hall–Kier alpha value is -1.15. The Bertz CT molecular complexity index is 538. The van der Waals surface area contributed by atoms with Gasteiger partial charge in [0.2, 0.25) is 0 Å². The van der Waals surface area contributed by atoms with Crippen molar-refractivity contribution in [2.45, 2.75) is 33.1 Å². The lowest BCUT2D eigenvalue weighted by Gasteiger charge is -2.20. The van der Waals surface area contributed by atoms with E-state index in [1.807, 2.05) is 19.9 Å². The van der Waals surface area contributed by atoms with Crippen LogP contribution in [0.5, 0.6) is 0 Å². The van der Waals surface area contributed by atoms with Crippen LogP contribution in [0.1, 0.15) is 38.8 Å². The fourth-order valence-corrected chi connectivity index (χ4v) is 3.48. The summed E-state index contributed by atoms with van der Waals surface area (Å²) in [5, 5.41) is 2.11. The van der Waals surface area contributed by atoms with Crippen LogP contribution in [-0.4, -0.2) is 0 Å². The third kappa shape index (κ3) is 1.71. The molecule has 3 rings (SSSR count). The van der Waals surface area contributed by atoms with Crippen molar-refractivity contribution in [1.82, 2.24) is 0 Å². The lowest BCUT2D eigenvalue weighted by molar-refractivity contribution is 0.609. The van der Waals surface area contributed by atoms with E-state index in [2.05, 4.69) is 25.3 Å². The van der Waals surface area contributed by atoms with Crippen LogP contribution < -0.4 is 0 Å². The molecule has 1 heterocycles. The molecule has 0 saturated heterocycles. The van der Waals surface area contributed by atoms with Crippen LogP contribution in [0, 0.1) is 5.82 Å². The van der Waals surface area contributed by atoms with Gasteiger partial charge in [-0.3, -0.25) is 0 Å². The third-order valence-corrected chi connectivity index (χ3v) is 4.19. The van der Waals surface area contributed by atoms with Crippen LogP contribution in [-0.2, 0) is 5.41 Å². The van der Waals surface area contributed by atoms with E-state index < -0.39 is 0 Å². The molecule has 1 aliphatic rings. The molecule has 0 atom stereocenters. The molecule has 0 nitrogen and oxygen atoms in total. The predicted molar refractivity (Wildman–Crippen MR) is 73.2 cm³/mol. The number of fused-ring (bicyclic) bond motifs is 3. The van der Waals surface area contributed by atoms with E-state index in [1.54, 1.807) is 23.5 Å². The molecule has 0 spiro atoms. The summed E-state index contributed by atoms with van der Waals surface area (Å²) in [4.78, 5) is 1.30. The van der Waals surface area contributed by atoms with Crippen molar-refractivity contribution < 1.29 is 4.39 Å². The second-order valence-corrected chi connectivity index (χ2v) is 5.39. The van der Waals surface area contributed by atoms with Gasteiger partial charge in [0.15, 0.2) is 0 Å². The summed E-state index contributed by atoms with van der Waals surface area (Å²) in [6.45, 7) is 8.31. The van der Waals surface area contributed by atoms with Gasteiger partial charge >= 0.3 is 0 Å². The van der Waals surface area contributed by atoms with Crippen molar-refractivity contribution in [1.29, 1.82) is 0 Å². The van der Waals surface area contributed by atoms with E-state index in [9.17, 15) is 4.39 Å². The first kappa shape index (κ1) is 12.3. The van der Waals surface area contributed by atoms with Gasteiger partial charge in [-0.15, -0.1) is 11.3 Å². The summed E-state index contributed by atoms with van der Waals surface area (Å²) >= 11 is 1.74. The minimum Gasteiger partial charge on any atom is -0.207 e. The maximum Gasteiger partial charge on any atom is 0.123 e. The Morgan fingerprint density at radius 1 is 1.06 bits per heavy atom. The summed E-state index contributed by atoms with van der Waals surface area (Å²) in [5.74, 6) is -0.142. The van der Waals surface area contributed by atoms with Crippen molar-refractivity contribution in [2.24, 2.45) is 0 Å². The fourth-order valence-electron chi connectivity index (χ4n) is 2.39. The number of hydrogen-bond acceptors (Lipinski definition) is 1. The molecule has 0 fully saturated rings. The van der Waals surface area contributed by atoms with E-state index in [0.717, 1.165) is 5.56 Å². The Morgan fingerprint density at radius 3 is 2.47 bits per heavy atom. The molecule has 0 unspecified atom stereocenters. The molecule has 0 amide bonds. The van der Waals surface area contributed by atoms with E-state index >= 15 is 0 Å². The quantitative estimate of drug-likeness (QED) is 0.599. The van der Waals surface area contributed by atoms with E-state index in [0.29, 0.717) is 0 Å². The predicted octanol–water partition coefficient (Wildman–Crippen LogP) is 5.22. The first-order chi connectivity index (χ1) is 8.10. The summed E-state index contributed by atoms with van der Waals surface area (Å²) in [5.41, 5.74) is 3.59. The summed E-state index contributed by atoms with van der Waals surface area (Å²) in [7, 11) is 0. The minimum atomic E-state index is -0.142. The van der Waals surface area contributed by atoms with Crippen LogP contribution in [0.15, 0.2) is 29.6 Å². The lowest BCUT2D eigenvalue weighted by Crippen LogP contribution is -2.14. The van der Waals surface area contributed by atoms with Gasteiger partial charge in [0.05, 0.1) is 0 Å². The zero-order valence-electron chi connectivity index (χ0n) is 10.7. The Morgan fingerprint density at radius 2 is 1.76 bits per heavy atom. The maximum atomic E-state index is 13.2. The molecule has 2 heteroatoms. The Balaban J connectivity index is 0.000000514. The molecular weight excluding hydrogens is 231 g/mol. The molecule has 17 heavy (non-hydrogen) atoms. The van der Waals surface area contributed by atoms with E-state index in [-0.39, 0.29) is 11.2 Å². The van der Waals surface area contributed by atoms with Gasteiger partial charge in [-0.25, -0.2) is 4.39 Å². The topological polar surface area (TPSA) is 0 Å². The van der Waals surface area contributed by atoms with Crippen LogP contribution in [0.2, 0.25) is 0 Å². The first-order valence-corrected chi connectivity index (χ1v) is 6.87. The van der Waals surface area contributed by atoms with Crippen molar-refractivity contribution in [3.05, 3.63) is 46.6 Å². The molecule has 0 saturated carbocycles. The summed E-state index contributed by atoms with van der Waals surface area (Å²) < 4.78 is 13.2. The molecule has 1 aliphatic carbocycles. The van der Waals surface area contributed by atoms with Gasteiger partial charge in [-0.05, 0) is 40.3 Å². The molecule has 0 radical (unpaired) electrons. The maximum absolute atomic E-state index is 13.2. The van der Waals surface area contributed by atoms with E-state index in [4.69, 9.17) is 0 Å². The Labute approximate surface area is 106 Å². The molecule has 0 bridgehead atoms. The second-order valence-electron chi connectivity index (χ2n) is 4.48. The first-order valence-electron chi connectivity index (χ1n) is 5.99. The number of hydrogen-bond donors (Lipinski definition) is 0. The fraction of sp³-hybridized carbons (Fsp3) is 0.333. The van der Waals surface area contributed by atoms with Gasteiger partial charge in [0.25, 0.3) is 0 Å². The molecular formula is C15H17FS. The number of halogens is 1. The Kier molecular flexibility index (Phi) is 3.09. The number of rotatable bonds is 0. The minimum absolute atomic E-state index is 0.0488. The van der Waals surface area contributed by atoms with Crippen molar-refractivity contribution in [2.75, 3.05) is 0 Å². The molecule has 0 N–H and O–H groups in total. The van der Waals surface area contributed by atoms with Crippen LogP contribution >= 0.6 is 11.3 Å². The van der Waals surface area contributed by atoms with E-state index in [1.165, 1.54) is 16.0 Å². The van der Waals surface area contributed by atoms with Crippen molar-refractivity contribution in [3.63, 3.8) is 0 Å². The molecule has 90 valence electrons. The molecule has 0 aliphatic heterocycles. The van der Waals surface area contributed by atoms with Crippen LogP contribution in [0.4, 0.5) is 4.39 Å². The lowest BCUT2D eigenvalue weighted by atomic mass is 9.83. The summed E-state index contributed by atoms with van der Waals surface area (Å²) in [6, 6.07) is 7.26. The zero-order valence-corrected chi connectivity index (χ0v) is 11.5. The normalized spacial score (nSPS) is 14.6. The highest BCUT2D eigenvalue weighted by Crippen LogP contribution is 2.50. The number of thiophene rings is 1. The highest BCUT2D eigenvalue weighted by atomic mass is 32.1. The SMILES string of the molecule is CC.CC1(C)c2cc(F)ccc2-c2sccc21. The van der Waals surface area contributed by atoms with Gasteiger partial charge < -0.3 is 0 Å². The monoisotopic (exact) mass is 248 g/mol. The van der Waals surface area contributed by atoms with Gasteiger partial charge in [-0.1, -0.05) is 33.8 Å². The third-order valence-electron chi connectivity index (χ3n) is 3.24.